The molecule has 8 heteroatoms. The topological polar surface area (TPSA) is 93.4 Å². The van der Waals surface area contributed by atoms with Gasteiger partial charge in [-0.2, -0.15) is 0 Å². The van der Waals surface area contributed by atoms with Crippen LogP contribution >= 0.6 is 0 Å². The van der Waals surface area contributed by atoms with Crippen LogP contribution in [0.5, 0.6) is 0 Å². The molecule has 2 fully saturated rings. The van der Waals surface area contributed by atoms with Crippen LogP contribution < -0.4 is 0 Å². The molecule has 26 heavy (non-hydrogen) atoms. The Morgan fingerprint density at radius 1 is 1.35 bits per heavy atom. The molecular formula is C18H23N5O3. The maximum Gasteiger partial charge on any atom is 0.254 e. The summed E-state index contributed by atoms with van der Waals surface area (Å²) in [5.41, 5.74) is 1.36. The minimum atomic E-state index is -0.365. The number of methoxy groups -OCH3 is 1. The van der Waals surface area contributed by atoms with Crippen LogP contribution in [-0.4, -0.2) is 67.5 Å². The number of ether oxygens (including phenoxy) is 1. The number of nitrogens with zero attached hydrogens (tertiary/aromatic N) is 5. The zero-order valence-corrected chi connectivity index (χ0v) is 14.8. The molecule has 1 saturated heterocycles. The van der Waals surface area contributed by atoms with E-state index < -0.39 is 0 Å². The van der Waals surface area contributed by atoms with Crippen molar-refractivity contribution in [3.05, 3.63) is 41.7 Å². The zero-order chi connectivity index (χ0) is 18.1. The SMILES string of the molecule is CO[C@@]12CC[C@H](O)C[C@@H]1N(C(=O)c1ccc(Cn3cnnn3)cc1)CC2. The Hall–Kier alpha value is -2.32. The normalized spacial score (nSPS) is 28.2. The summed E-state index contributed by atoms with van der Waals surface area (Å²) in [6, 6.07) is 7.46. The molecule has 0 unspecified atom stereocenters. The molecule has 1 aliphatic carbocycles. The maximum absolute atomic E-state index is 13.0. The summed E-state index contributed by atoms with van der Waals surface area (Å²) in [5, 5.41) is 21.2. The third-order valence-electron chi connectivity index (χ3n) is 5.76. The third kappa shape index (κ3) is 2.99. The van der Waals surface area contributed by atoms with Crippen LogP contribution in [-0.2, 0) is 11.3 Å². The van der Waals surface area contributed by atoms with Gasteiger partial charge in [-0.1, -0.05) is 12.1 Å². The highest BCUT2D eigenvalue weighted by atomic mass is 16.5. The van der Waals surface area contributed by atoms with Crippen molar-refractivity contribution in [3.63, 3.8) is 0 Å². The molecule has 1 aromatic carbocycles. The summed E-state index contributed by atoms with van der Waals surface area (Å²) in [6.45, 7) is 1.23. The Bertz CT molecular complexity index is 764. The van der Waals surface area contributed by atoms with E-state index in [-0.39, 0.29) is 23.7 Å². The fourth-order valence-corrected chi connectivity index (χ4v) is 4.28. The summed E-state index contributed by atoms with van der Waals surface area (Å²) in [6.07, 6.45) is 4.13. The first-order valence-corrected chi connectivity index (χ1v) is 8.95. The van der Waals surface area contributed by atoms with Crippen LogP contribution in [0.2, 0.25) is 0 Å². The van der Waals surface area contributed by atoms with Gasteiger partial charge in [0.1, 0.15) is 6.33 Å². The first kappa shape index (κ1) is 17.1. The number of benzene rings is 1. The van der Waals surface area contributed by atoms with Gasteiger partial charge in [-0.05, 0) is 53.8 Å². The summed E-state index contributed by atoms with van der Waals surface area (Å²) in [5.74, 6) is -0.00278. The molecule has 1 N–H and O–H groups in total. The predicted molar refractivity (Wildman–Crippen MR) is 92.4 cm³/mol. The number of hydrogen-bond donors (Lipinski definition) is 1. The van der Waals surface area contributed by atoms with Crippen LogP contribution in [0.3, 0.4) is 0 Å². The predicted octanol–water partition coefficient (Wildman–Crippen LogP) is 0.866. The van der Waals surface area contributed by atoms with E-state index in [1.54, 1.807) is 18.1 Å². The fourth-order valence-electron chi connectivity index (χ4n) is 4.28. The Kier molecular flexibility index (Phi) is 4.46. The van der Waals surface area contributed by atoms with Gasteiger partial charge in [-0.3, -0.25) is 4.79 Å². The van der Waals surface area contributed by atoms with Crippen LogP contribution in [0.25, 0.3) is 0 Å². The molecule has 1 saturated carbocycles. The molecule has 1 aliphatic heterocycles. The molecular weight excluding hydrogens is 334 g/mol. The van der Waals surface area contributed by atoms with Crippen molar-refractivity contribution in [1.29, 1.82) is 0 Å². The highest BCUT2D eigenvalue weighted by Crippen LogP contribution is 2.42. The highest BCUT2D eigenvalue weighted by molar-refractivity contribution is 5.94. The van der Waals surface area contributed by atoms with E-state index >= 15 is 0 Å². The summed E-state index contributed by atoms with van der Waals surface area (Å²) in [4.78, 5) is 14.9. The second-order valence-electron chi connectivity index (χ2n) is 7.17. The van der Waals surface area contributed by atoms with E-state index in [0.29, 0.717) is 25.1 Å². The second kappa shape index (κ2) is 6.77. The van der Waals surface area contributed by atoms with Gasteiger partial charge >= 0.3 is 0 Å². The van der Waals surface area contributed by atoms with Crippen molar-refractivity contribution in [3.8, 4) is 0 Å². The number of aliphatic hydroxyl groups is 1. The zero-order valence-electron chi connectivity index (χ0n) is 14.8. The summed E-state index contributed by atoms with van der Waals surface area (Å²) < 4.78 is 7.45. The standard InChI is InChI=1S/C18H23N5O3/c1-26-18-7-6-15(24)10-16(18)23(9-8-18)17(25)14-4-2-13(3-5-14)11-22-12-19-20-21-22/h2-5,12,15-16,24H,6-11H2,1H3/t15-,16-,18+/m0/s1. The first-order chi connectivity index (χ1) is 12.6. The average molecular weight is 357 g/mol. The Balaban J connectivity index is 1.50. The minimum absolute atomic E-state index is 0.00278. The number of hydrogen-bond acceptors (Lipinski definition) is 6. The van der Waals surface area contributed by atoms with E-state index in [1.807, 2.05) is 29.2 Å². The lowest BCUT2D eigenvalue weighted by atomic mass is 9.79. The van der Waals surface area contributed by atoms with Gasteiger partial charge in [0.15, 0.2) is 0 Å². The summed E-state index contributed by atoms with van der Waals surface area (Å²) >= 11 is 0. The lowest BCUT2D eigenvalue weighted by Gasteiger charge is -2.42. The first-order valence-electron chi connectivity index (χ1n) is 8.95. The number of carbonyl (C=O) groups is 1. The van der Waals surface area contributed by atoms with Crippen molar-refractivity contribution in [2.24, 2.45) is 0 Å². The summed E-state index contributed by atoms with van der Waals surface area (Å²) in [7, 11) is 1.71. The number of aromatic nitrogens is 4. The van der Waals surface area contributed by atoms with Gasteiger partial charge in [0.2, 0.25) is 0 Å². The molecule has 1 amide bonds. The van der Waals surface area contributed by atoms with Gasteiger partial charge in [0, 0.05) is 19.2 Å². The molecule has 1 aromatic heterocycles. The number of aliphatic hydroxyl groups excluding tert-OH is 1. The molecule has 3 atom stereocenters. The monoisotopic (exact) mass is 357 g/mol. The number of carbonyl (C=O) groups excluding carboxylic acids is 1. The van der Waals surface area contributed by atoms with Crippen molar-refractivity contribution in [2.45, 2.75) is 50.0 Å². The quantitative estimate of drug-likeness (QED) is 0.873. The molecule has 2 aromatic rings. The molecule has 138 valence electrons. The van der Waals surface area contributed by atoms with Crippen LogP contribution in [0.15, 0.2) is 30.6 Å². The Morgan fingerprint density at radius 2 is 2.15 bits per heavy atom. The lowest BCUT2D eigenvalue weighted by molar-refractivity contribution is -0.0824. The van der Waals surface area contributed by atoms with Crippen LogP contribution in [0, 0.1) is 0 Å². The third-order valence-corrected chi connectivity index (χ3v) is 5.76. The van der Waals surface area contributed by atoms with Crippen molar-refractivity contribution in [1.82, 2.24) is 25.1 Å². The molecule has 8 nitrogen and oxygen atoms in total. The van der Waals surface area contributed by atoms with Crippen molar-refractivity contribution < 1.29 is 14.6 Å². The fraction of sp³-hybridized carbons (Fsp3) is 0.556. The lowest BCUT2D eigenvalue weighted by Crippen LogP contribution is -2.52. The molecule has 0 bridgehead atoms. The number of rotatable bonds is 4. The molecule has 2 aliphatic rings. The number of amides is 1. The number of likely N-dealkylation sites (tertiary alicyclic amines) is 1. The molecule has 0 radical (unpaired) electrons. The second-order valence-corrected chi connectivity index (χ2v) is 7.17. The smallest absolute Gasteiger partial charge is 0.254 e. The van der Waals surface area contributed by atoms with Crippen molar-refractivity contribution in [2.75, 3.05) is 13.7 Å². The molecule has 4 rings (SSSR count). The minimum Gasteiger partial charge on any atom is -0.393 e. The van der Waals surface area contributed by atoms with Gasteiger partial charge < -0.3 is 14.7 Å². The van der Waals surface area contributed by atoms with E-state index in [4.69, 9.17) is 4.74 Å². The number of tetrazole rings is 1. The Morgan fingerprint density at radius 3 is 2.85 bits per heavy atom. The molecule has 2 heterocycles. The molecule has 0 spiro atoms. The number of fused-ring (bicyclic) bond motifs is 1. The van der Waals surface area contributed by atoms with E-state index in [9.17, 15) is 9.90 Å². The average Bonchev–Trinajstić information content (AvgIpc) is 3.30. The largest absolute Gasteiger partial charge is 0.393 e. The van der Waals surface area contributed by atoms with E-state index in [0.717, 1.165) is 24.8 Å². The van der Waals surface area contributed by atoms with Gasteiger partial charge in [-0.25, -0.2) is 4.68 Å². The Labute approximate surface area is 151 Å². The van der Waals surface area contributed by atoms with E-state index in [2.05, 4.69) is 15.5 Å². The maximum atomic E-state index is 13.0. The van der Waals surface area contributed by atoms with Gasteiger partial charge in [0.05, 0.1) is 24.3 Å². The van der Waals surface area contributed by atoms with Gasteiger partial charge in [-0.15, -0.1) is 5.10 Å². The van der Waals surface area contributed by atoms with Crippen LogP contribution in [0.1, 0.15) is 41.6 Å². The van der Waals surface area contributed by atoms with E-state index in [1.165, 1.54) is 0 Å². The van der Waals surface area contributed by atoms with Crippen LogP contribution in [0.4, 0.5) is 0 Å². The van der Waals surface area contributed by atoms with Gasteiger partial charge in [0.25, 0.3) is 5.91 Å². The highest BCUT2D eigenvalue weighted by Gasteiger charge is 2.52. The van der Waals surface area contributed by atoms with Crippen molar-refractivity contribution >= 4 is 5.91 Å².